The predicted octanol–water partition coefficient (Wildman–Crippen LogP) is 2.24. The van der Waals surface area contributed by atoms with Gasteiger partial charge in [-0.05, 0) is 43.1 Å². The third-order valence-electron chi connectivity index (χ3n) is 3.51. The Bertz CT molecular complexity index is 246. The Morgan fingerprint density at radius 3 is 2.38 bits per heavy atom. The van der Waals surface area contributed by atoms with Crippen LogP contribution in [0.25, 0.3) is 10.4 Å². The second kappa shape index (κ2) is 2.89. The standard InChI is InChI=1S/C9H15N3O/c1-9(11-12-10)4-6-2-8(13)3-7(6)5-9/h6-8,13H,2-5H2,1H3/t6-,7+,8+,9-. The Kier molecular flexibility index (Phi) is 1.97. The molecule has 72 valence electrons. The van der Waals surface area contributed by atoms with Crippen molar-refractivity contribution < 1.29 is 5.11 Å². The number of aliphatic hydroxyl groups is 1. The van der Waals surface area contributed by atoms with E-state index in [1.165, 1.54) is 0 Å². The zero-order chi connectivity index (χ0) is 9.47. The molecule has 2 saturated carbocycles. The van der Waals surface area contributed by atoms with E-state index in [0.717, 1.165) is 25.7 Å². The molecule has 2 aliphatic carbocycles. The monoisotopic (exact) mass is 181 g/mol. The third-order valence-corrected chi connectivity index (χ3v) is 3.51. The summed E-state index contributed by atoms with van der Waals surface area (Å²) in [6, 6.07) is 0. The van der Waals surface area contributed by atoms with Crippen LogP contribution in [-0.4, -0.2) is 16.7 Å². The minimum Gasteiger partial charge on any atom is -0.393 e. The van der Waals surface area contributed by atoms with Crippen LogP contribution < -0.4 is 0 Å². The summed E-state index contributed by atoms with van der Waals surface area (Å²) in [4.78, 5) is 2.90. The van der Waals surface area contributed by atoms with Crippen molar-refractivity contribution in [1.29, 1.82) is 0 Å². The first-order valence-corrected chi connectivity index (χ1v) is 4.87. The van der Waals surface area contributed by atoms with Crippen molar-refractivity contribution in [3.63, 3.8) is 0 Å². The van der Waals surface area contributed by atoms with Crippen LogP contribution in [-0.2, 0) is 0 Å². The smallest absolute Gasteiger partial charge is 0.0545 e. The maximum Gasteiger partial charge on any atom is 0.0545 e. The molecule has 1 N–H and O–H groups in total. The summed E-state index contributed by atoms with van der Waals surface area (Å²) < 4.78 is 0. The average Bonchev–Trinajstić information content (AvgIpc) is 2.41. The number of rotatable bonds is 1. The van der Waals surface area contributed by atoms with Crippen molar-refractivity contribution in [2.45, 2.75) is 44.2 Å². The summed E-state index contributed by atoms with van der Waals surface area (Å²) in [6.07, 6.45) is 3.62. The quantitative estimate of drug-likeness (QED) is 0.376. The van der Waals surface area contributed by atoms with Gasteiger partial charge in [0.1, 0.15) is 0 Å². The molecule has 2 rings (SSSR count). The number of nitrogens with zero attached hydrogens (tertiary/aromatic N) is 3. The van der Waals surface area contributed by atoms with E-state index in [1.807, 2.05) is 6.92 Å². The first kappa shape index (κ1) is 8.85. The fourth-order valence-electron chi connectivity index (χ4n) is 3.08. The molecule has 0 amide bonds. The first-order chi connectivity index (χ1) is 6.13. The predicted molar refractivity (Wildman–Crippen MR) is 49.0 cm³/mol. The highest BCUT2D eigenvalue weighted by atomic mass is 16.3. The highest BCUT2D eigenvalue weighted by Gasteiger charge is 2.46. The van der Waals surface area contributed by atoms with Crippen LogP contribution in [0.5, 0.6) is 0 Å². The molecule has 0 aliphatic heterocycles. The van der Waals surface area contributed by atoms with E-state index < -0.39 is 0 Å². The van der Waals surface area contributed by atoms with E-state index in [2.05, 4.69) is 10.0 Å². The topological polar surface area (TPSA) is 69.0 Å². The van der Waals surface area contributed by atoms with Crippen molar-refractivity contribution in [3.05, 3.63) is 10.4 Å². The molecule has 0 heterocycles. The largest absolute Gasteiger partial charge is 0.393 e. The highest BCUT2D eigenvalue weighted by Crippen LogP contribution is 2.50. The van der Waals surface area contributed by atoms with Crippen LogP contribution in [0.15, 0.2) is 5.11 Å². The molecular weight excluding hydrogens is 166 g/mol. The van der Waals surface area contributed by atoms with E-state index in [4.69, 9.17) is 5.53 Å². The van der Waals surface area contributed by atoms with E-state index in [0.29, 0.717) is 11.8 Å². The molecule has 13 heavy (non-hydrogen) atoms. The molecular formula is C9H15N3O. The lowest BCUT2D eigenvalue weighted by atomic mass is 9.97. The van der Waals surface area contributed by atoms with Crippen LogP contribution in [0.1, 0.15) is 32.6 Å². The Morgan fingerprint density at radius 2 is 1.92 bits per heavy atom. The van der Waals surface area contributed by atoms with E-state index in [9.17, 15) is 5.11 Å². The van der Waals surface area contributed by atoms with Gasteiger partial charge in [-0.2, -0.15) is 0 Å². The van der Waals surface area contributed by atoms with Gasteiger partial charge in [0.25, 0.3) is 0 Å². The van der Waals surface area contributed by atoms with Crippen LogP contribution in [0.2, 0.25) is 0 Å². The molecule has 2 fully saturated rings. The van der Waals surface area contributed by atoms with Gasteiger partial charge in [0.2, 0.25) is 0 Å². The number of fused-ring (bicyclic) bond motifs is 1. The number of hydrogen-bond donors (Lipinski definition) is 1. The summed E-state index contributed by atoms with van der Waals surface area (Å²) in [7, 11) is 0. The molecule has 4 nitrogen and oxygen atoms in total. The number of azide groups is 1. The fraction of sp³-hybridized carbons (Fsp3) is 1.00. The van der Waals surface area contributed by atoms with Gasteiger partial charge in [-0.15, -0.1) is 0 Å². The van der Waals surface area contributed by atoms with Gasteiger partial charge in [0.15, 0.2) is 0 Å². The molecule has 4 heteroatoms. The maximum atomic E-state index is 9.43. The zero-order valence-electron chi connectivity index (χ0n) is 7.85. The summed E-state index contributed by atoms with van der Waals surface area (Å²) >= 11 is 0. The second-order valence-electron chi connectivity index (χ2n) is 4.74. The molecule has 0 aromatic heterocycles. The molecule has 0 radical (unpaired) electrons. The van der Waals surface area contributed by atoms with E-state index in [1.54, 1.807) is 0 Å². The number of hydrogen-bond acceptors (Lipinski definition) is 2. The van der Waals surface area contributed by atoms with Crippen molar-refractivity contribution in [1.82, 2.24) is 0 Å². The van der Waals surface area contributed by atoms with Gasteiger partial charge in [-0.25, -0.2) is 0 Å². The van der Waals surface area contributed by atoms with Gasteiger partial charge in [-0.1, -0.05) is 12.0 Å². The Hall–Kier alpha value is -0.730. The average molecular weight is 181 g/mol. The van der Waals surface area contributed by atoms with Crippen LogP contribution in [0, 0.1) is 11.8 Å². The van der Waals surface area contributed by atoms with Gasteiger partial charge in [0.05, 0.1) is 6.10 Å². The molecule has 0 spiro atoms. The minimum absolute atomic E-state index is 0.106. The second-order valence-corrected chi connectivity index (χ2v) is 4.74. The van der Waals surface area contributed by atoms with Crippen molar-refractivity contribution in [2.75, 3.05) is 0 Å². The van der Waals surface area contributed by atoms with E-state index >= 15 is 0 Å². The molecule has 0 aromatic carbocycles. The van der Waals surface area contributed by atoms with Crippen LogP contribution in [0.4, 0.5) is 0 Å². The highest BCUT2D eigenvalue weighted by molar-refractivity contribution is 5.01. The van der Waals surface area contributed by atoms with E-state index in [-0.39, 0.29) is 11.6 Å². The summed E-state index contributed by atoms with van der Waals surface area (Å²) in [6.45, 7) is 2.03. The van der Waals surface area contributed by atoms with Crippen molar-refractivity contribution >= 4 is 0 Å². The summed E-state index contributed by atoms with van der Waals surface area (Å²) in [5, 5.41) is 13.3. The lowest BCUT2D eigenvalue weighted by Crippen LogP contribution is -2.18. The zero-order valence-corrected chi connectivity index (χ0v) is 7.85. The van der Waals surface area contributed by atoms with Crippen molar-refractivity contribution in [2.24, 2.45) is 17.0 Å². The van der Waals surface area contributed by atoms with Gasteiger partial charge < -0.3 is 5.11 Å². The normalized spacial score (nSPS) is 48.6. The van der Waals surface area contributed by atoms with Crippen LogP contribution in [0.3, 0.4) is 0 Å². The Morgan fingerprint density at radius 1 is 1.38 bits per heavy atom. The molecule has 0 aromatic rings. The molecule has 4 atom stereocenters. The molecule has 0 unspecified atom stereocenters. The van der Waals surface area contributed by atoms with Crippen molar-refractivity contribution in [3.8, 4) is 0 Å². The maximum absolute atomic E-state index is 9.43. The van der Waals surface area contributed by atoms with Gasteiger partial charge in [0, 0.05) is 10.5 Å². The molecule has 2 aliphatic rings. The first-order valence-electron chi connectivity index (χ1n) is 4.87. The molecule has 0 bridgehead atoms. The van der Waals surface area contributed by atoms with Crippen LogP contribution >= 0.6 is 0 Å². The lowest BCUT2D eigenvalue weighted by molar-refractivity contribution is 0.167. The SMILES string of the molecule is C[C@@]1(N=[N+]=[N-])C[C@H]2C[C@H](O)C[C@H]2C1. The van der Waals surface area contributed by atoms with Gasteiger partial charge in [-0.3, -0.25) is 0 Å². The lowest BCUT2D eigenvalue weighted by Gasteiger charge is -2.17. The Balaban J connectivity index is 2.08. The summed E-state index contributed by atoms with van der Waals surface area (Å²) in [5.74, 6) is 1.18. The summed E-state index contributed by atoms with van der Waals surface area (Å²) in [5.41, 5.74) is 8.24. The Labute approximate surface area is 77.6 Å². The third kappa shape index (κ3) is 1.52. The molecule has 0 saturated heterocycles. The number of aliphatic hydroxyl groups excluding tert-OH is 1. The fourth-order valence-corrected chi connectivity index (χ4v) is 3.08. The van der Waals surface area contributed by atoms with Gasteiger partial charge >= 0.3 is 0 Å². The minimum atomic E-state index is -0.176.